The number of rotatable bonds is 5. The molecule has 0 aliphatic heterocycles. The molecule has 2 rings (SSSR count). The molecule has 5 heteroatoms. The van der Waals surface area contributed by atoms with Gasteiger partial charge in [-0.1, -0.05) is 6.07 Å². The van der Waals surface area contributed by atoms with E-state index in [4.69, 9.17) is 9.47 Å². The highest BCUT2D eigenvalue weighted by atomic mass is 16.5. The molecule has 0 amide bonds. The van der Waals surface area contributed by atoms with Gasteiger partial charge in [0.25, 0.3) is 0 Å². The van der Waals surface area contributed by atoms with Gasteiger partial charge in [-0.2, -0.15) is 0 Å². The molecule has 0 radical (unpaired) electrons. The number of pyridine rings is 1. The van der Waals surface area contributed by atoms with Crippen molar-refractivity contribution in [3.05, 3.63) is 54.4 Å². The number of carbonyl (C=O) groups is 1. The second-order valence-electron chi connectivity index (χ2n) is 4.71. The summed E-state index contributed by atoms with van der Waals surface area (Å²) < 4.78 is 10.1. The van der Waals surface area contributed by atoms with E-state index in [1.54, 1.807) is 32.5 Å². The lowest BCUT2D eigenvalue weighted by molar-refractivity contribution is -0.145. The molecule has 0 bridgehead atoms. The Bertz CT molecular complexity index is 599. The van der Waals surface area contributed by atoms with Crippen LogP contribution in [0.25, 0.3) is 0 Å². The van der Waals surface area contributed by atoms with E-state index in [1.165, 1.54) is 7.11 Å². The molecule has 0 aliphatic carbocycles. The molecule has 1 atom stereocenters. The van der Waals surface area contributed by atoms with Crippen LogP contribution in [0.15, 0.2) is 48.8 Å². The lowest BCUT2D eigenvalue weighted by Gasteiger charge is -2.29. The van der Waals surface area contributed by atoms with Gasteiger partial charge in [-0.25, -0.2) is 4.79 Å². The highest BCUT2D eigenvalue weighted by Crippen LogP contribution is 2.28. The van der Waals surface area contributed by atoms with Gasteiger partial charge in [0.05, 0.1) is 14.2 Å². The molecule has 1 aromatic heterocycles. The number of esters is 1. The van der Waals surface area contributed by atoms with Gasteiger partial charge in [0.15, 0.2) is 5.54 Å². The van der Waals surface area contributed by atoms with E-state index in [2.05, 4.69) is 10.3 Å². The van der Waals surface area contributed by atoms with Crippen LogP contribution in [0.2, 0.25) is 0 Å². The summed E-state index contributed by atoms with van der Waals surface area (Å²) in [5.41, 5.74) is 0.498. The lowest BCUT2D eigenvalue weighted by Crippen LogP contribution is -2.41. The number of benzene rings is 1. The molecule has 2 aromatic rings. The quantitative estimate of drug-likeness (QED) is 0.856. The van der Waals surface area contributed by atoms with Gasteiger partial charge in [-0.3, -0.25) is 4.98 Å². The Kier molecular flexibility index (Phi) is 4.42. The second kappa shape index (κ2) is 6.26. The fourth-order valence-electron chi connectivity index (χ4n) is 2.07. The summed E-state index contributed by atoms with van der Waals surface area (Å²) in [6, 6.07) is 11.0. The SMILES string of the molecule is COC(=O)C(C)(Nc1ccc(OC)cc1)c1cccnc1. The van der Waals surface area contributed by atoms with Gasteiger partial charge < -0.3 is 14.8 Å². The summed E-state index contributed by atoms with van der Waals surface area (Å²) >= 11 is 0. The highest BCUT2D eigenvalue weighted by molar-refractivity contribution is 5.85. The average molecular weight is 286 g/mol. The van der Waals surface area contributed by atoms with Crippen molar-refractivity contribution >= 4 is 11.7 Å². The molecule has 5 nitrogen and oxygen atoms in total. The van der Waals surface area contributed by atoms with Crippen LogP contribution < -0.4 is 10.1 Å². The maximum absolute atomic E-state index is 12.2. The standard InChI is InChI=1S/C16H18N2O3/c1-16(15(19)21-3,12-5-4-10-17-11-12)18-13-6-8-14(20-2)9-7-13/h4-11,18H,1-3H3. The summed E-state index contributed by atoms with van der Waals surface area (Å²) in [7, 11) is 2.98. The van der Waals surface area contributed by atoms with Crippen molar-refractivity contribution in [2.24, 2.45) is 0 Å². The Hall–Kier alpha value is -2.56. The van der Waals surface area contributed by atoms with Gasteiger partial charge in [-0.15, -0.1) is 0 Å². The van der Waals surface area contributed by atoms with Crippen LogP contribution in [0.1, 0.15) is 12.5 Å². The molecule has 1 heterocycles. The van der Waals surface area contributed by atoms with Crippen LogP contribution in [0.5, 0.6) is 5.75 Å². The first-order chi connectivity index (χ1) is 10.1. The van der Waals surface area contributed by atoms with Gasteiger partial charge in [0.2, 0.25) is 0 Å². The predicted molar refractivity (Wildman–Crippen MR) is 80.2 cm³/mol. The fourth-order valence-corrected chi connectivity index (χ4v) is 2.07. The second-order valence-corrected chi connectivity index (χ2v) is 4.71. The summed E-state index contributed by atoms with van der Waals surface area (Å²) in [5.74, 6) is 0.369. The van der Waals surface area contributed by atoms with Crippen molar-refractivity contribution in [2.45, 2.75) is 12.5 Å². The van der Waals surface area contributed by atoms with Crippen LogP contribution in [0.4, 0.5) is 5.69 Å². The predicted octanol–water partition coefficient (Wildman–Crippen LogP) is 2.59. The van der Waals surface area contributed by atoms with E-state index in [0.717, 1.165) is 17.0 Å². The number of nitrogens with one attached hydrogen (secondary N) is 1. The topological polar surface area (TPSA) is 60.5 Å². The van der Waals surface area contributed by atoms with Gasteiger partial charge in [-0.05, 0) is 37.3 Å². The zero-order valence-corrected chi connectivity index (χ0v) is 12.3. The van der Waals surface area contributed by atoms with Gasteiger partial charge in [0, 0.05) is 23.6 Å². The number of aromatic nitrogens is 1. The van der Waals surface area contributed by atoms with Crippen molar-refractivity contribution < 1.29 is 14.3 Å². The van der Waals surface area contributed by atoms with Crippen LogP contribution in [-0.4, -0.2) is 25.2 Å². The van der Waals surface area contributed by atoms with Crippen LogP contribution in [0.3, 0.4) is 0 Å². The van der Waals surface area contributed by atoms with Gasteiger partial charge >= 0.3 is 5.97 Å². The average Bonchev–Trinajstić information content (AvgIpc) is 2.55. The first kappa shape index (κ1) is 14.8. The zero-order valence-electron chi connectivity index (χ0n) is 12.3. The Labute approximate surface area is 123 Å². The van der Waals surface area contributed by atoms with E-state index in [-0.39, 0.29) is 5.97 Å². The van der Waals surface area contributed by atoms with Gasteiger partial charge in [0.1, 0.15) is 5.75 Å². The minimum absolute atomic E-state index is 0.383. The number of hydrogen-bond donors (Lipinski definition) is 1. The van der Waals surface area contributed by atoms with Crippen molar-refractivity contribution in [3.63, 3.8) is 0 Å². The van der Waals surface area contributed by atoms with E-state index in [9.17, 15) is 4.79 Å². The van der Waals surface area contributed by atoms with E-state index < -0.39 is 5.54 Å². The van der Waals surface area contributed by atoms with Crippen molar-refractivity contribution in [3.8, 4) is 5.75 Å². The summed E-state index contributed by atoms with van der Waals surface area (Å²) in [5, 5.41) is 3.20. The Balaban J connectivity index is 2.34. The van der Waals surface area contributed by atoms with Crippen LogP contribution in [0, 0.1) is 0 Å². The number of carbonyl (C=O) groups excluding carboxylic acids is 1. The number of methoxy groups -OCH3 is 2. The summed E-state index contributed by atoms with van der Waals surface area (Å²) in [6.07, 6.45) is 3.31. The normalized spacial score (nSPS) is 13.1. The third-order valence-electron chi connectivity index (χ3n) is 3.32. The van der Waals surface area contributed by atoms with E-state index >= 15 is 0 Å². The first-order valence-electron chi connectivity index (χ1n) is 6.51. The van der Waals surface area contributed by atoms with E-state index in [1.807, 2.05) is 30.3 Å². The van der Waals surface area contributed by atoms with E-state index in [0.29, 0.717) is 0 Å². The third-order valence-corrected chi connectivity index (χ3v) is 3.32. The molecule has 1 unspecified atom stereocenters. The molecule has 21 heavy (non-hydrogen) atoms. The summed E-state index contributed by atoms with van der Waals surface area (Å²) in [6.45, 7) is 1.76. The number of anilines is 1. The molecule has 0 saturated carbocycles. The van der Waals surface area contributed by atoms with Crippen molar-refractivity contribution in [1.29, 1.82) is 0 Å². The number of nitrogens with zero attached hydrogens (tertiary/aromatic N) is 1. The molecule has 0 spiro atoms. The molecular formula is C16H18N2O3. The third kappa shape index (κ3) is 3.13. The largest absolute Gasteiger partial charge is 0.497 e. The van der Waals surface area contributed by atoms with Crippen molar-refractivity contribution in [1.82, 2.24) is 4.98 Å². The summed E-state index contributed by atoms with van der Waals surface area (Å²) in [4.78, 5) is 16.3. The smallest absolute Gasteiger partial charge is 0.335 e. The molecule has 0 aliphatic rings. The minimum atomic E-state index is -1.02. The van der Waals surface area contributed by atoms with Crippen molar-refractivity contribution in [2.75, 3.05) is 19.5 Å². The number of ether oxygens (including phenoxy) is 2. The maximum atomic E-state index is 12.2. The zero-order chi connectivity index (χ0) is 15.3. The Morgan fingerprint density at radius 1 is 1.19 bits per heavy atom. The molecule has 0 fully saturated rings. The van der Waals surface area contributed by atoms with Crippen LogP contribution in [-0.2, 0) is 15.1 Å². The number of hydrogen-bond acceptors (Lipinski definition) is 5. The maximum Gasteiger partial charge on any atom is 0.335 e. The minimum Gasteiger partial charge on any atom is -0.497 e. The molecule has 110 valence electrons. The Morgan fingerprint density at radius 3 is 2.43 bits per heavy atom. The molecule has 1 N–H and O–H groups in total. The molecule has 1 aromatic carbocycles. The lowest BCUT2D eigenvalue weighted by atomic mass is 9.93. The molecule has 0 saturated heterocycles. The molecular weight excluding hydrogens is 268 g/mol. The Morgan fingerprint density at radius 2 is 1.90 bits per heavy atom. The first-order valence-corrected chi connectivity index (χ1v) is 6.51. The monoisotopic (exact) mass is 286 g/mol. The fraction of sp³-hybridized carbons (Fsp3) is 0.250. The van der Waals surface area contributed by atoms with Crippen LogP contribution >= 0.6 is 0 Å². The highest BCUT2D eigenvalue weighted by Gasteiger charge is 2.36.